The van der Waals surface area contributed by atoms with E-state index in [1.807, 2.05) is 24.3 Å². The summed E-state index contributed by atoms with van der Waals surface area (Å²) in [6.07, 6.45) is 2.45. The zero-order valence-electron chi connectivity index (χ0n) is 20.7. The molecule has 0 spiro atoms. The molecule has 3 aliphatic rings. The molecule has 3 saturated heterocycles. The van der Waals surface area contributed by atoms with E-state index in [1.54, 1.807) is 12.1 Å². The predicted molar refractivity (Wildman–Crippen MR) is 144 cm³/mol. The number of aromatic nitrogens is 3. The van der Waals surface area contributed by atoms with Crippen molar-refractivity contribution in [2.24, 2.45) is 0 Å². The molecular weight excluding hydrogens is 450 g/mol. The second-order valence-electron chi connectivity index (χ2n) is 10.7. The first kappa shape index (κ1) is 21.8. The number of nitrogens with one attached hydrogen (secondary N) is 1. The van der Waals surface area contributed by atoms with Crippen LogP contribution in [-0.4, -0.2) is 83.4 Å². The summed E-state index contributed by atoms with van der Waals surface area (Å²) in [7, 11) is 4.25. The summed E-state index contributed by atoms with van der Waals surface area (Å²) in [5, 5.41) is 17.2. The van der Waals surface area contributed by atoms with Crippen LogP contribution in [0.3, 0.4) is 0 Å². The van der Waals surface area contributed by atoms with Crippen LogP contribution in [0.4, 0.5) is 11.8 Å². The zero-order valence-corrected chi connectivity index (χ0v) is 20.7. The second-order valence-corrected chi connectivity index (χ2v) is 10.7. The largest absolute Gasteiger partial charge is 0.508 e. The van der Waals surface area contributed by atoms with E-state index in [4.69, 9.17) is 15.0 Å². The van der Waals surface area contributed by atoms with Crippen molar-refractivity contribution in [3.8, 4) is 17.0 Å². The maximum absolute atomic E-state index is 10.4. The van der Waals surface area contributed by atoms with E-state index in [0.717, 1.165) is 65.4 Å². The van der Waals surface area contributed by atoms with E-state index >= 15 is 0 Å². The van der Waals surface area contributed by atoms with Crippen LogP contribution in [0.1, 0.15) is 12.8 Å². The molecule has 5 heterocycles. The number of hydrogen-bond acceptors (Lipinski definition) is 8. The number of hydrogen-bond donors (Lipinski definition) is 2. The first-order valence-electron chi connectivity index (χ1n) is 12.8. The Morgan fingerprint density at radius 2 is 1.64 bits per heavy atom. The lowest BCUT2D eigenvalue weighted by atomic mass is 10.0. The topological polar surface area (TPSA) is 80.7 Å². The van der Waals surface area contributed by atoms with Crippen LogP contribution in [0.2, 0.25) is 0 Å². The number of aromatic hydroxyl groups is 1. The highest BCUT2D eigenvalue weighted by Gasteiger charge is 2.35. The fourth-order valence-electron chi connectivity index (χ4n) is 5.94. The fraction of sp³-hybridized carbons (Fsp3) is 0.393. The Morgan fingerprint density at radius 1 is 0.861 bits per heavy atom. The number of piperazine rings is 1. The number of phenols is 1. The molecule has 2 unspecified atom stereocenters. The number of benzene rings is 2. The highest BCUT2D eigenvalue weighted by Crippen LogP contribution is 2.35. The quantitative estimate of drug-likeness (QED) is 0.460. The smallest absolute Gasteiger partial charge is 0.229 e. The number of pyridine rings is 1. The molecule has 2 aromatic heterocycles. The molecule has 7 rings (SSSR count). The van der Waals surface area contributed by atoms with Crippen molar-refractivity contribution in [1.29, 1.82) is 0 Å². The van der Waals surface area contributed by atoms with Gasteiger partial charge in [0.1, 0.15) is 11.6 Å². The number of phenolic OH excluding ortho intramolecular Hbond substituents is 1. The average molecular weight is 482 g/mol. The molecule has 0 saturated carbocycles. The van der Waals surface area contributed by atoms with Gasteiger partial charge >= 0.3 is 0 Å². The van der Waals surface area contributed by atoms with E-state index in [-0.39, 0.29) is 5.75 Å². The predicted octanol–water partition coefficient (Wildman–Crippen LogP) is 3.24. The van der Waals surface area contributed by atoms with Gasteiger partial charge in [-0.15, -0.1) is 0 Å². The monoisotopic (exact) mass is 481 g/mol. The van der Waals surface area contributed by atoms with Gasteiger partial charge in [0, 0.05) is 49.9 Å². The molecule has 2 atom stereocenters. The standard InChI is InChI=1S/C28H31N7O/c1-33(2)20-15-35(16-20)28-31-26-23(27(32-28)34-13-18-7-8-19(14-34)29-18)9-10-25(30-26)24-12-21(36)11-17-5-3-4-6-22(17)24/h3-6,9-12,18-20,29,36H,7-8,13-16H2,1-2H3. The van der Waals surface area contributed by atoms with E-state index in [1.165, 1.54) is 12.8 Å². The summed E-state index contributed by atoms with van der Waals surface area (Å²) >= 11 is 0. The molecule has 2 bridgehead atoms. The molecule has 8 nitrogen and oxygen atoms in total. The van der Waals surface area contributed by atoms with Crippen molar-refractivity contribution < 1.29 is 5.11 Å². The van der Waals surface area contributed by atoms with E-state index in [9.17, 15) is 5.11 Å². The molecule has 36 heavy (non-hydrogen) atoms. The molecule has 0 radical (unpaired) electrons. The number of rotatable bonds is 4. The summed E-state index contributed by atoms with van der Waals surface area (Å²) in [6.45, 7) is 3.76. The van der Waals surface area contributed by atoms with Crippen LogP contribution in [0.15, 0.2) is 48.5 Å². The van der Waals surface area contributed by atoms with Gasteiger partial charge in [-0.1, -0.05) is 24.3 Å². The Bertz CT molecular complexity index is 1450. The van der Waals surface area contributed by atoms with Crippen LogP contribution in [0, 0.1) is 0 Å². The van der Waals surface area contributed by atoms with Gasteiger partial charge in [-0.3, -0.25) is 0 Å². The molecule has 2 N–H and O–H groups in total. The number of nitrogens with zero attached hydrogens (tertiary/aromatic N) is 6. The van der Waals surface area contributed by atoms with Crippen LogP contribution in [0.25, 0.3) is 33.1 Å². The van der Waals surface area contributed by atoms with Gasteiger partial charge in [0.2, 0.25) is 5.95 Å². The second kappa shape index (κ2) is 8.28. The van der Waals surface area contributed by atoms with Crippen LogP contribution in [0.5, 0.6) is 5.75 Å². The lowest BCUT2D eigenvalue weighted by molar-refractivity contribution is 0.245. The third kappa shape index (κ3) is 3.63. The summed E-state index contributed by atoms with van der Waals surface area (Å²) in [5.41, 5.74) is 2.42. The number of anilines is 2. The van der Waals surface area contributed by atoms with Crippen molar-refractivity contribution in [3.05, 3.63) is 48.5 Å². The first-order valence-corrected chi connectivity index (χ1v) is 12.8. The number of likely N-dealkylation sites (N-methyl/N-ethyl adjacent to an activating group) is 1. The number of fused-ring (bicyclic) bond motifs is 4. The van der Waals surface area contributed by atoms with E-state index < -0.39 is 0 Å². The Balaban J connectivity index is 1.36. The minimum Gasteiger partial charge on any atom is -0.508 e. The fourth-order valence-corrected chi connectivity index (χ4v) is 5.94. The first-order chi connectivity index (χ1) is 17.5. The Labute approximate surface area is 210 Å². The molecule has 0 amide bonds. The molecule has 2 aromatic carbocycles. The maximum Gasteiger partial charge on any atom is 0.229 e. The molecule has 0 aliphatic carbocycles. The molecular formula is C28H31N7O. The summed E-state index contributed by atoms with van der Waals surface area (Å²) in [6, 6.07) is 17.4. The average Bonchev–Trinajstić information content (AvgIpc) is 3.18. The molecule has 3 aliphatic heterocycles. The maximum atomic E-state index is 10.4. The van der Waals surface area contributed by atoms with Crippen LogP contribution >= 0.6 is 0 Å². The Kier molecular flexibility index (Phi) is 5.01. The van der Waals surface area contributed by atoms with Crippen molar-refractivity contribution in [3.63, 3.8) is 0 Å². The van der Waals surface area contributed by atoms with Gasteiger partial charge < -0.3 is 25.1 Å². The van der Waals surface area contributed by atoms with Crippen LogP contribution < -0.4 is 15.1 Å². The van der Waals surface area contributed by atoms with Gasteiger partial charge in [0.05, 0.1) is 11.1 Å². The molecule has 8 heteroatoms. The highest BCUT2D eigenvalue weighted by molar-refractivity contribution is 5.98. The lowest BCUT2D eigenvalue weighted by Gasteiger charge is -2.43. The third-order valence-electron chi connectivity index (χ3n) is 8.04. The van der Waals surface area contributed by atoms with Crippen molar-refractivity contribution in [2.75, 3.05) is 50.1 Å². The van der Waals surface area contributed by atoms with Gasteiger partial charge in [0.15, 0.2) is 5.65 Å². The lowest BCUT2D eigenvalue weighted by Crippen LogP contribution is -2.58. The van der Waals surface area contributed by atoms with Crippen molar-refractivity contribution in [2.45, 2.75) is 31.0 Å². The van der Waals surface area contributed by atoms with Crippen molar-refractivity contribution >= 4 is 33.6 Å². The minimum atomic E-state index is 0.237. The SMILES string of the molecule is CN(C)C1CN(c2nc(N3CC4CCC(C3)N4)c3ccc(-c4cc(O)cc5ccccc45)nc3n2)C1. The highest BCUT2D eigenvalue weighted by atomic mass is 16.3. The van der Waals surface area contributed by atoms with Gasteiger partial charge in [0.25, 0.3) is 0 Å². The Morgan fingerprint density at radius 3 is 2.42 bits per heavy atom. The van der Waals surface area contributed by atoms with E-state index in [2.05, 4.69) is 46.2 Å². The summed E-state index contributed by atoms with van der Waals surface area (Å²) in [4.78, 5) is 22.1. The molecule has 184 valence electrons. The molecule has 3 fully saturated rings. The molecule has 4 aromatic rings. The van der Waals surface area contributed by atoms with E-state index in [0.29, 0.717) is 23.8 Å². The normalized spacial score (nSPS) is 22.1. The van der Waals surface area contributed by atoms with Crippen molar-refractivity contribution in [1.82, 2.24) is 25.2 Å². The van der Waals surface area contributed by atoms with Gasteiger partial charge in [-0.05, 0) is 62.0 Å². The summed E-state index contributed by atoms with van der Waals surface area (Å²) in [5.74, 6) is 1.98. The third-order valence-corrected chi connectivity index (χ3v) is 8.04. The van der Waals surface area contributed by atoms with Gasteiger partial charge in [-0.2, -0.15) is 9.97 Å². The Hall–Kier alpha value is -3.49. The van der Waals surface area contributed by atoms with Crippen LogP contribution in [-0.2, 0) is 0 Å². The minimum absolute atomic E-state index is 0.237. The zero-order chi connectivity index (χ0) is 24.4. The summed E-state index contributed by atoms with van der Waals surface area (Å²) < 4.78 is 0. The van der Waals surface area contributed by atoms with Gasteiger partial charge in [-0.25, -0.2) is 4.98 Å².